The third-order valence-corrected chi connectivity index (χ3v) is 3.22. The van der Waals surface area contributed by atoms with Crippen molar-refractivity contribution in [3.63, 3.8) is 0 Å². The van der Waals surface area contributed by atoms with Crippen LogP contribution in [0.4, 0.5) is 0 Å². The molecular formula is C12H11N3O2S. The lowest BCUT2D eigenvalue weighted by Gasteiger charge is -2.01. The molecule has 5 nitrogen and oxygen atoms in total. The number of esters is 1. The Kier molecular flexibility index (Phi) is 3.78. The molecule has 0 N–H and O–H groups in total. The molecule has 0 saturated carbocycles. The first kappa shape index (κ1) is 12.4. The van der Waals surface area contributed by atoms with Crippen LogP contribution in [-0.2, 0) is 4.74 Å². The molecule has 0 radical (unpaired) electrons. The summed E-state index contributed by atoms with van der Waals surface area (Å²) in [6.45, 7) is 1.93. The van der Waals surface area contributed by atoms with Gasteiger partial charge >= 0.3 is 5.97 Å². The predicted molar refractivity (Wildman–Crippen MR) is 69.2 cm³/mol. The molecule has 0 unspecified atom stereocenters. The summed E-state index contributed by atoms with van der Waals surface area (Å²) < 4.78 is 4.68. The molecule has 2 rings (SSSR count). The highest BCUT2D eigenvalue weighted by Gasteiger charge is 2.10. The summed E-state index contributed by atoms with van der Waals surface area (Å²) in [6.07, 6.45) is 6.47. The number of thiazole rings is 1. The standard InChI is InChI=1S/C12H11N3O2S/c1-8-11(18-7-15-8)4-3-10-9(12(16)17-2)5-13-6-14-10/h3-7H,1-2H3. The maximum absolute atomic E-state index is 11.5. The van der Waals surface area contributed by atoms with E-state index < -0.39 is 5.97 Å². The molecule has 0 bridgehead atoms. The monoisotopic (exact) mass is 261 g/mol. The number of ether oxygens (including phenoxy) is 1. The smallest absolute Gasteiger partial charge is 0.341 e. The fourth-order valence-corrected chi connectivity index (χ4v) is 2.06. The Morgan fingerprint density at radius 1 is 1.39 bits per heavy atom. The molecule has 2 heterocycles. The van der Waals surface area contributed by atoms with E-state index in [0.717, 1.165) is 10.6 Å². The Morgan fingerprint density at radius 2 is 2.22 bits per heavy atom. The number of aryl methyl sites for hydroxylation is 1. The Hall–Kier alpha value is -2.08. The van der Waals surface area contributed by atoms with Crippen LogP contribution in [0.25, 0.3) is 12.2 Å². The molecule has 0 fully saturated rings. The first-order valence-corrected chi connectivity index (χ1v) is 6.07. The minimum absolute atomic E-state index is 0.346. The van der Waals surface area contributed by atoms with Crippen molar-refractivity contribution in [1.82, 2.24) is 15.0 Å². The van der Waals surface area contributed by atoms with Gasteiger partial charge in [-0.05, 0) is 19.1 Å². The fourth-order valence-electron chi connectivity index (χ4n) is 1.36. The van der Waals surface area contributed by atoms with Crippen molar-refractivity contribution in [1.29, 1.82) is 0 Å². The minimum Gasteiger partial charge on any atom is -0.465 e. The van der Waals surface area contributed by atoms with E-state index in [2.05, 4.69) is 19.7 Å². The molecule has 0 aliphatic carbocycles. The van der Waals surface area contributed by atoms with E-state index in [1.54, 1.807) is 11.6 Å². The molecule has 0 aliphatic rings. The number of carbonyl (C=O) groups is 1. The average molecular weight is 261 g/mol. The molecule has 0 aliphatic heterocycles. The van der Waals surface area contributed by atoms with E-state index in [4.69, 9.17) is 0 Å². The average Bonchev–Trinajstić information content (AvgIpc) is 2.81. The van der Waals surface area contributed by atoms with E-state index in [-0.39, 0.29) is 0 Å². The molecule has 6 heteroatoms. The van der Waals surface area contributed by atoms with Gasteiger partial charge in [-0.25, -0.2) is 19.7 Å². The number of rotatable bonds is 3. The van der Waals surface area contributed by atoms with Crippen LogP contribution in [0.5, 0.6) is 0 Å². The van der Waals surface area contributed by atoms with Crippen molar-refractivity contribution in [2.45, 2.75) is 6.92 Å². The SMILES string of the molecule is COC(=O)c1cncnc1C=Cc1scnc1C. The summed E-state index contributed by atoms with van der Waals surface area (Å²) in [5.41, 5.74) is 3.60. The molecule has 2 aromatic heterocycles. The van der Waals surface area contributed by atoms with Crippen LogP contribution >= 0.6 is 11.3 Å². The summed E-state index contributed by atoms with van der Waals surface area (Å²) in [6, 6.07) is 0. The zero-order valence-electron chi connectivity index (χ0n) is 9.95. The van der Waals surface area contributed by atoms with Gasteiger partial charge in [0.15, 0.2) is 0 Å². The maximum Gasteiger partial charge on any atom is 0.341 e. The van der Waals surface area contributed by atoms with Gasteiger partial charge in [-0.2, -0.15) is 0 Å². The topological polar surface area (TPSA) is 65.0 Å². The fraction of sp³-hybridized carbons (Fsp3) is 0.167. The molecule has 0 amide bonds. The molecule has 0 spiro atoms. The van der Waals surface area contributed by atoms with Crippen LogP contribution in [0.1, 0.15) is 26.6 Å². The van der Waals surface area contributed by atoms with Crippen molar-refractivity contribution in [2.24, 2.45) is 0 Å². The van der Waals surface area contributed by atoms with E-state index in [9.17, 15) is 4.79 Å². The van der Waals surface area contributed by atoms with Gasteiger partial charge < -0.3 is 4.74 Å². The van der Waals surface area contributed by atoms with E-state index in [0.29, 0.717) is 11.3 Å². The highest BCUT2D eigenvalue weighted by atomic mass is 32.1. The summed E-state index contributed by atoms with van der Waals surface area (Å²) in [5.74, 6) is -0.448. The molecule has 18 heavy (non-hydrogen) atoms. The van der Waals surface area contributed by atoms with Crippen LogP contribution < -0.4 is 0 Å². The van der Waals surface area contributed by atoms with Crippen LogP contribution in [0, 0.1) is 6.92 Å². The second-order valence-electron chi connectivity index (χ2n) is 3.45. The van der Waals surface area contributed by atoms with Gasteiger partial charge in [-0.3, -0.25) is 0 Å². The lowest BCUT2D eigenvalue weighted by Crippen LogP contribution is -2.05. The van der Waals surface area contributed by atoms with Crippen molar-refractivity contribution in [3.8, 4) is 0 Å². The largest absolute Gasteiger partial charge is 0.465 e. The molecule has 0 saturated heterocycles. The van der Waals surface area contributed by atoms with Gasteiger partial charge in [0.1, 0.15) is 11.9 Å². The van der Waals surface area contributed by atoms with Crippen molar-refractivity contribution in [2.75, 3.05) is 7.11 Å². The number of carbonyl (C=O) groups excluding carboxylic acids is 1. The Morgan fingerprint density at radius 3 is 2.89 bits per heavy atom. The van der Waals surface area contributed by atoms with E-state index in [1.165, 1.54) is 31.0 Å². The zero-order valence-corrected chi connectivity index (χ0v) is 10.8. The first-order valence-electron chi connectivity index (χ1n) is 5.19. The Balaban J connectivity index is 2.32. The Labute approximate surface area is 108 Å². The van der Waals surface area contributed by atoms with Crippen LogP contribution in [0.3, 0.4) is 0 Å². The maximum atomic E-state index is 11.5. The van der Waals surface area contributed by atoms with Crippen molar-refractivity contribution in [3.05, 3.63) is 39.9 Å². The quantitative estimate of drug-likeness (QED) is 0.792. The van der Waals surface area contributed by atoms with Crippen molar-refractivity contribution >= 4 is 29.5 Å². The third kappa shape index (κ3) is 2.60. The summed E-state index contributed by atoms with van der Waals surface area (Å²) in [5, 5.41) is 0. The van der Waals surface area contributed by atoms with Gasteiger partial charge in [-0.15, -0.1) is 11.3 Å². The van der Waals surface area contributed by atoms with Crippen LogP contribution in [0.2, 0.25) is 0 Å². The number of hydrogen-bond donors (Lipinski definition) is 0. The van der Waals surface area contributed by atoms with E-state index >= 15 is 0 Å². The second-order valence-corrected chi connectivity index (χ2v) is 4.33. The normalized spacial score (nSPS) is 10.8. The molecule has 0 atom stereocenters. The van der Waals surface area contributed by atoms with Crippen LogP contribution in [-0.4, -0.2) is 28.0 Å². The Bertz CT molecular complexity index is 593. The van der Waals surface area contributed by atoms with E-state index in [1.807, 2.05) is 13.0 Å². The first-order chi connectivity index (χ1) is 8.72. The predicted octanol–water partition coefficient (Wildman–Crippen LogP) is 2.20. The summed E-state index contributed by atoms with van der Waals surface area (Å²) >= 11 is 1.53. The van der Waals surface area contributed by atoms with Gasteiger partial charge in [0.25, 0.3) is 0 Å². The van der Waals surface area contributed by atoms with Gasteiger partial charge in [-0.1, -0.05) is 0 Å². The molecular weight excluding hydrogens is 250 g/mol. The minimum atomic E-state index is -0.448. The lowest BCUT2D eigenvalue weighted by atomic mass is 10.2. The molecule has 92 valence electrons. The summed E-state index contributed by atoms with van der Waals surface area (Å²) in [7, 11) is 1.33. The van der Waals surface area contributed by atoms with Gasteiger partial charge in [0, 0.05) is 11.1 Å². The number of methoxy groups -OCH3 is 1. The summed E-state index contributed by atoms with van der Waals surface area (Å²) in [4.78, 5) is 24.6. The molecule has 2 aromatic rings. The highest BCUT2D eigenvalue weighted by Crippen LogP contribution is 2.16. The number of aromatic nitrogens is 3. The highest BCUT2D eigenvalue weighted by molar-refractivity contribution is 7.10. The number of nitrogens with zero attached hydrogens (tertiary/aromatic N) is 3. The van der Waals surface area contributed by atoms with Crippen LogP contribution in [0.15, 0.2) is 18.0 Å². The number of hydrogen-bond acceptors (Lipinski definition) is 6. The molecule has 0 aromatic carbocycles. The van der Waals surface area contributed by atoms with Crippen molar-refractivity contribution < 1.29 is 9.53 Å². The van der Waals surface area contributed by atoms with Gasteiger partial charge in [0.2, 0.25) is 0 Å². The van der Waals surface area contributed by atoms with Gasteiger partial charge in [0.05, 0.1) is 24.0 Å². The second kappa shape index (κ2) is 5.50. The third-order valence-electron chi connectivity index (χ3n) is 2.32. The zero-order chi connectivity index (χ0) is 13.0. The lowest BCUT2D eigenvalue weighted by molar-refractivity contribution is 0.0599.